The van der Waals surface area contributed by atoms with Crippen LogP contribution in [0.1, 0.15) is 18.6 Å². The molecule has 0 bridgehead atoms. The molecule has 4 nitrogen and oxygen atoms in total. The molecule has 1 saturated heterocycles. The van der Waals surface area contributed by atoms with Crippen LogP contribution in [0.2, 0.25) is 0 Å². The lowest BCUT2D eigenvalue weighted by atomic mass is 10.0. The fraction of sp³-hybridized carbons (Fsp3) is 0.316. The van der Waals surface area contributed by atoms with Crippen LogP contribution in [0.25, 0.3) is 0 Å². The first-order chi connectivity index (χ1) is 11.3. The number of carbonyl (C=O) groups is 1. The van der Waals surface area contributed by atoms with Gasteiger partial charge in [-0.15, -0.1) is 0 Å². The van der Waals surface area contributed by atoms with Crippen molar-refractivity contribution in [2.75, 3.05) is 19.8 Å². The van der Waals surface area contributed by atoms with E-state index in [4.69, 9.17) is 14.2 Å². The molecule has 0 aromatic heterocycles. The Morgan fingerprint density at radius 2 is 1.74 bits per heavy atom. The number of esters is 1. The largest absolute Gasteiger partial charge is 0.464 e. The summed E-state index contributed by atoms with van der Waals surface area (Å²) in [4.78, 5) is 11.8. The Labute approximate surface area is 137 Å². The van der Waals surface area contributed by atoms with Crippen molar-refractivity contribution >= 4 is 5.97 Å². The van der Waals surface area contributed by atoms with Gasteiger partial charge in [0.15, 0.2) is 6.10 Å². The van der Waals surface area contributed by atoms with E-state index in [1.165, 1.54) is 0 Å². The lowest BCUT2D eigenvalue weighted by Gasteiger charge is -2.30. The molecular formula is C19H21O4. The zero-order chi connectivity index (χ0) is 16.3. The van der Waals surface area contributed by atoms with Gasteiger partial charge in [0.2, 0.25) is 0 Å². The Kier molecular flexibility index (Phi) is 7.30. The molecule has 0 amide bonds. The Morgan fingerprint density at radius 1 is 1.09 bits per heavy atom. The Bertz CT molecular complexity index is 529. The van der Waals surface area contributed by atoms with E-state index in [0.717, 1.165) is 5.56 Å². The molecule has 1 radical (unpaired) electrons. The van der Waals surface area contributed by atoms with Gasteiger partial charge in [-0.25, -0.2) is 4.79 Å². The van der Waals surface area contributed by atoms with E-state index in [0.29, 0.717) is 19.8 Å². The zero-order valence-corrected chi connectivity index (χ0v) is 13.2. The minimum Gasteiger partial charge on any atom is -0.464 e. The molecule has 1 aliphatic heterocycles. The van der Waals surface area contributed by atoms with E-state index in [1.54, 1.807) is 6.92 Å². The van der Waals surface area contributed by atoms with Crippen molar-refractivity contribution in [1.82, 2.24) is 0 Å². The fourth-order valence-electron chi connectivity index (χ4n) is 2.20. The normalized spacial score (nSPS) is 20.0. The molecule has 2 aromatic carbocycles. The first-order valence-corrected chi connectivity index (χ1v) is 7.68. The maximum atomic E-state index is 11.8. The lowest BCUT2D eigenvalue weighted by Crippen LogP contribution is -2.39. The van der Waals surface area contributed by atoms with Gasteiger partial charge in [-0.3, -0.25) is 0 Å². The van der Waals surface area contributed by atoms with E-state index in [-0.39, 0.29) is 12.1 Å². The van der Waals surface area contributed by atoms with E-state index < -0.39 is 6.10 Å². The second-order valence-corrected chi connectivity index (χ2v) is 4.82. The molecule has 0 N–H and O–H groups in total. The first kappa shape index (κ1) is 17.2. The van der Waals surface area contributed by atoms with E-state index >= 15 is 0 Å². The van der Waals surface area contributed by atoms with Crippen LogP contribution in [0.4, 0.5) is 0 Å². The third-order valence-electron chi connectivity index (χ3n) is 3.21. The highest BCUT2D eigenvalue weighted by Gasteiger charge is 2.35. The number of hydrogen-bond acceptors (Lipinski definition) is 4. The lowest BCUT2D eigenvalue weighted by molar-refractivity contribution is -0.186. The average molecular weight is 313 g/mol. The number of benzene rings is 2. The summed E-state index contributed by atoms with van der Waals surface area (Å²) >= 11 is 0. The molecule has 23 heavy (non-hydrogen) atoms. The Balaban J connectivity index is 0.000000268. The van der Waals surface area contributed by atoms with Crippen molar-refractivity contribution in [3.05, 3.63) is 72.3 Å². The minimum absolute atomic E-state index is 0.347. The Morgan fingerprint density at radius 3 is 2.30 bits per heavy atom. The highest BCUT2D eigenvalue weighted by Crippen LogP contribution is 2.27. The van der Waals surface area contributed by atoms with Gasteiger partial charge in [0, 0.05) is 0 Å². The number of carbonyl (C=O) groups excluding carboxylic acids is 1. The highest BCUT2D eigenvalue weighted by atomic mass is 16.6. The van der Waals surface area contributed by atoms with Crippen LogP contribution in [0, 0.1) is 6.07 Å². The van der Waals surface area contributed by atoms with Crippen molar-refractivity contribution < 1.29 is 19.0 Å². The molecule has 0 saturated carbocycles. The maximum absolute atomic E-state index is 11.8. The summed E-state index contributed by atoms with van der Waals surface area (Å²) in [5.41, 5.74) is 0.935. The van der Waals surface area contributed by atoms with E-state index in [1.807, 2.05) is 60.7 Å². The quantitative estimate of drug-likeness (QED) is 0.816. The SMILES string of the molecule is CCOC(=O)C1OCCOC1c1ccccc1.[c]1ccccc1. The number of hydrogen-bond donors (Lipinski definition) is 0. The van der Waals surface area contributed by atoms with Crippen molar-refractivity contribution in [3.8, 4) is 0 Å². The van der Waals surface area contributed by atoms with Gasteiger partial charge in [0.05, 0.1) is 19.8 Å². The van der Waals surface area contributed by atoms with Crippen LogP contribution in [-0.4, -0.2) is 31.9 Å². The third kappa shape index (κ3) is 5.51. The molecule has 121 valence electrons. The zero-order valence-electron chi connectivity index (χ0n) is 13.2. The monoisotopic (exact) mass is 313 g/mol. The molecule has 2 unspecified atom stereocenters. The van der Waals surface area contributed by atoms with E-state index in [2.05, 4.69) is 6.07 Å². The van der Waals surface area contributed by atoms with Crippen LogP contribution in [0.15, 0.2) is 60.7 Å². The van der Waals surface area contributed by atoms with E-state index in [9.17, 15) is 4.79 Å². The molecule has 0 aliphatic carbocycles. The molecular weight excluding hydrogens is 292 g/mol. The molecule has 1 fully saturated rings. The smallest absolute Gasteiger partial charge is 0.338 e. The van der Waals surface area contributed by atoms with Gasteiger partial charge >= 0.3 is 5.97 Å². The van der Waals surface area contributed by atoms with Crippen LogP contribution in [0.3, 0.4) is 0 Å². The fourth-order valence-corrected chi connectivity index (χ4v) is 2.20. The van der Waals surface area contributed by atoms with Crippen molar-refractivity contribution in [3.63, 3.8) is 0 Å². The predicted octanol–water partition coefficient (Wildman–Crippen LogP) is 3.19. The van der Waals surface area contributed by atoms with Crippen LogP contribution >= 0.6 is 0 Å². The molecule has 4 heteroatoms. The van der Waals surface area contributed by atoms with Crippen molar-refractivity contribution in [1.29, 1.82) is 0 Å². The van der Waals surface area contributed by atoms with Crippen molar-refractivity contribution in [2.24, 2.45) is 0 Å². The van der Waals surface area contributed by atoms with Gasteiger partial charge < -0.3 is 14.2 Å². The van der Waals surface area contributed by atoms with Crippen LogP contribution < -0.4 is 0 Å². The molecule has 2 aromatic rings. The first-order valence-electron chi connectivity index (χ1n) is 7.68. The molecule has 3 rings (SSSR count). The second-order valence-electron chi connectivity index (χ2n) is 4.82. The van der Waals surface area contributed by atoms with Gasteiger partial charge in [-0.1, -0.05) is 60.7 Å². The molecule has 1 heterocycles. The summed E-state index contributed by atoms with van der Waals surface area (Å²) in [5, 5.41) is 0. The highest BCUT2D eigenvalue weighted by molar-refractivity contribution is 5.75. The average Bonchev–Trinajstić information content (AvgIpc) is 2.65. The summed E-state index contributed by atoms with van der Waals surface area (Å²) in [7, 11) is 0. The third-order valence-corrected chi connectivity index (χ3v) is 3.21. The number of rotatable bonds is 3. The minimum atomic E-state index is -0.661. The second kappa shape index (κ2) is 9.77. The molecule has 0 spiro atoms. The number of ether oxygens (including phenoxy) is 3. The standard InChI is InChI=1S/C13H16O4.C6H5/c1-2-15-13(14)12-11(16-8-9-17-12)10-6-4-3-5-7-10;1-2-4-6-5-3-1/h3-7,11-12H,2,8-9H2,1H3;1-5H. The predicted molar refractivity (Wildman–Crippen MR) is 86.8 cm³/mol. The van der Waals surface area contributed by atoms with Crippen LogP contribution in [0.5, 0.6) is 0 Å². The summed E-state index contributed by atoms with van der Waals surface area (Å²) in [5.74, 6) is -0.360. The summed E-state index contributed by atoms with van der Waals surface area (Å²) in [6.45, 7) is 3.04. The summed E-state index contributed by atoms with van der Waals surface area (Å²) < 4.78 is 16.1. The van der Waals surface area contributed by atoms with Crippen LogP contribution in [-0.2, 0) is 19.0 Å². The van der Waals surface area contributed by atoms with Crippen molar-refractivity contribution in [2.45, 2.75) is 19.1 Å². The van der Waals surface area contributed by atoms with Gasteiger partial charge in [-0.05, 0) is 18.6 Å². The van der Waals surface area contributed by atoms with Gasteiger partial charge in [0.1, 0.15) is 6.10 Å². The molecule has 1 aliphatic rings. The summed E-state index contributed by atoms with van der Waals surface area (Å²) in [6, 6.07) is 22.1. The maximum Gasteiger partial charge on any atom is 0.338 e. The summed E-state index contributed by atoms with van der Waals surface area (Å²) in [6.07, 6.45) is -1.03. The molecule has 2 atom stereocenters. The van der Waals surface area contributed by atoms with Gasteiger partial charge in [0.25, 0.3) is 0 Å². The topological polar surface area (TPSA) is 44.8 Å². The Hall–Kier alpha value is -2.17. The van der Waals surface area contributed by atoms with Gasteiger partial charge in [-0.2, -0.15) is 0 Å².